The number of halogens is 1. The molecule has 0 saturated carbocycles. The predicted molar refractivity (Wildman–Crippen MR) is 64.6 cm³/mol. The molecule has 0 aliphatic carbocycles. The van der Waals surface area contributed by atoms with Gasteiger partial charge < -0.3 is 0 Å². The van der Waals surface area contributed by atoms with Crippen LogP contribution in [0.2, 0.25) is 5.15 Å². The summed E-state index contributed by atoms with van der Waals surface area (Å²) >= 11 is 6.03. The summed E-state index contributed by atoms with van der Waals surface area (Å²) < 4.78 is 1.56. The van der Waals surface area contributed by atoms with Gasteiger partial charge in [-0.15, -0.1) is 0 Å². The van der Waals surface area contributed by atoms with E-state index in [-0.39, 0.29) is 5.69 Å². The molecule has 0 fully saturated rings. The topological polar surface area (TPSA) is 61.0 Å². The highest BCUT2D eigenvalue weighted by Gasteiger charge is 2.09. The van der Waals surface area contributed by atoms with Crippen molar-refractivity contribution >= 4 is 17.3 Å². The van der Waals surface area contributed by atoms with Crippen molar-refractivity contribution in [2.45, 2.75) is 13.3 Å². The second-order valence-corrected chi connectivity index (χ2v) is 3.88. The molecule has 1 heterocycles. The lowest BCUT2D eigenvalue weighted by Crippen LogP contribution is -1.97. The molecule has 0 N–H and O–H groups in total. The fourth-order valence-electron chi connectivity index (χ4n) is 1.47. The molecule has 2 rings (SSSR count). The molecule has 0 bridgehead atoms. The Morgan fingerprint density at radius 2 is 2.06 bits per heavy atom. The van der Waals surface area contributed by atoms with Gasteiger partial charge in [-0.25, -0.2) is 4.68 Å². The molecule has 1 aromatic heterocycles. The highest BCUT2D eigenvalue weighted by molar-refractivity contribution is 6.29. The molecule has 5 nitrogen and oxygen atoms in total. The van der Waals surface area contributed by atoms with Gasteiger partial charge in [-0.05, 0) is 24.6 Å². The van der Waals surface area contributed by atoms with Gasteiger partial charge in [0.15, 0.2) is 0 Å². The summed E-state index contributed by atoms with van der Waals surface area (Å²) in [6.07, 6.45) is 0.791. The summed E-state index contributed by atoms with van der Waals surface area (Å²) in [4.78, 5) is 10.1. The first-order chi connectivity index (χ1) is 8.11. The van der Waals surface area contributed by atoms with E-state index in [9.17, 15) is 10.1 Å². The van der Waals surface area contributed by atoms with Gasteiger partial charge in [-0.1, -0.05) is 18.5 Å². The monoisotopic (exact) mass is 251 g/mol. The summed E-state index contributed by atoms with van der Waals surface area (Å²) in [6, 6.07) is 7.88. The Labute approximate surface area is 103 Å². The van der Waals surface area contributed by atoms with Crippen molar-refractivity contribution in [3.63, 3.8) is 0 Å². The molecule has 2 aromatic rings. The first kappa shape index (κ1) is 11.6. The predicted octanol–water partition coefficient (Wildman–Crippen LogP) is 3.00. The zero-order valence-corrected chi connectivity index (χ0v) is 9.89. The van der Waals surface area contributed by atoms with Crippen LogP contribution in [0.5, 0.6) is 0 Å². The molecule has 0 aliphatic heterocycles. The first-order valence-corrected chi connectivity index (χ1v) is 5.49. The van der Waals surface area contributed by atoms with Crippen LogP contribution in [-0.2, 0) is 6.42 Å². The lowest BCUT2D eigenvalue weighted by atomic mass is 10.3. The smallest absolute Gasteiger partial charge is 0.258 e. The quantitative estimate of drug-likeness (QED) is 0.622. The number of aryl methyl sites for hydroxylation is 1. The normalized spacial score (nSPS) is 10.5. The molecule has 17 heavy (non-hydrogen) atoms. The van der Waals surface area contributed by atoms with E-state index in [2.05, 4.69) is 5.10 Å². The number of hydrogen-bond acceptors (Lipinski definition) is 3. The maximum absolute atomic E-state index is 10.5. The standard InChI is InChI=1S/C11H10ClN3O2/c1-2-8-7-11(12)14(13-8)9-3-5-10(6-4-9)15(16)17/h3-7H,2H2,1H3. The Kier molecular flexibility index (Phi) is 3.10. The van der Waals surface area contributed by atoms with Gasteiger partial charge in [0.2, 0.25) is 0 Å². The third kappa shape index (κ3) is 2.29. The summed E-state index contributed by atoms with van der Waals surface area (Å²) in [7, 11) is 0. The molecular formula is C11H10ClN3O2. The van der Waals surface area contributed by atoms with Crippen LogP contribution in [0, 0.1) is 10.1 Å². The lowest BCUT2D eigenvalue weighted by Gasteiger charge is -2.02. The van der Waals surface area contributed by atoms with E-state index >= 15 is 0 Å². The van der Waals surface area contributed by atoms with Crippen molar-refractivity contribution in [3.8, 4) is 5.69 Å². The molecule has 0 unspecified atom stereocenters. The number of aromatic nitrogens is 2. The average molecular weight is 252 g/mol. The van der Waals surface area contributed by atoms with E-state index in [0.29, 0.717) is 10.8 Å². The Morgan fingerprint density at radius 1 is 1.41 bits per heavy atom. The number of nitro groups is 1. The van der Waals surface area contributed by atoms with Gasteiger partial charge in [0, 0.05) is 12.1 Å². The van der Waals surface area contributed by atoms with Gasteiger partial charge in [0.1, 0.15) is 5.15 Å². The van der Waals surface area contributed by atoms with Crippen LogP contribution in [-0.4, -0.2) is 14.7 Å². The minimum Gasteiger partial charge on any atom is -0.258 e. The lowest BCUT2D eigenvalue weighted by molar-refractivity contribution is -0.384. The number of non-ortho nitro benzene ring substituents is 1. The van der Waals surface area contributed by atoms with E-state index < -0.39 is 4.92 Å². The maximum Gasteiger partial charge on any atom is 0.269 e. The van der Waals surface area contributed by atoms with Crippen LogP contribution in [0.3, 0.4) is 0 Å². The molecule has 1 aromatic carbocycles. The van der Waals surface area contributed by atoms with Crippen LogP contribution >= 0.6 is 11.6 Å². The van der Waals surface area contributed by atoms with Crippen LogP contribution in [0.15, 0.2) is 30.3 Å². The Morgan fingerprint density at radius 3 is 2.53 bits per heavy atom. The third-order valence-electron chi connectivity index (χ3n) is 2.38. The van der Waals surface area contributed by atoms with E-state index in [4.69, 9.17) is 11.6 Å². The van der Waals surface area contributed by atoms with Crippen LogP contribution in [0.1, 0.15) is 12.6 Å². The third-order valence-corrected chi connectivity index (χ3v) is 2.65. The van der Waals surface area contributed by atoms with Crippen molar-refractivity contribution in [2.24, 2.45) is 0 Å². The highest BCUT2D eigenvalue weighted by atomic mass is 35.5. The fourth-order valence-corrected chi connectivity index (χ4v) is 1.73. The van der Waals surface area contributed by atoms with Crippen LogP contribution in [0.25, 0.3) is 5.69 Å². The van der Waals surface area contributed by atoms with Crippen molar-refractivity contribution in [1.29, 1.82) is 0 Å². The molecule has 88 valence electrons. The Hall–Kier alpha value is -1.88. The minimum absolute atomic E-state index is 0.0488. The molecule has 0 saturated heterocycles. The average Bonchev–Trinajstić information content (AvgIpc) is 2.71. The highest BCUT2D eigenvalue weighted by Crippen LogP contribution is 2.20. The Bertz CT molecular complexity index is 548. The van der Waals surface area contributed by atoms with Gasteiger partial charge in [0.05, 0.1) is 16.3 Å². The van der Waals surface area contributed by atoms with Crippen LogP contribution < -0.4 is 0 Å². The molecule has 0 atom stereocenters. The fraction of sp³-hybridized carbons (Fsp3) is 0.182. The van der Waals surface area contributed by atoms with E-state index in [0.717, 1.165) is 12.1 Å². The van der Waals surface area contributed by atoms with Gasteiger partial charge in [-0.2, -0.15) is 5.10 Å². The first-order valence-electron chi connectivity index (χ1n) is 5.11. The van der Waals surface area contributed by atoms with E-state index in [1.807, 2.05) is 6.92 Å². The minimum atomic E-state index is -0.439. The van der Waals surface area contributed by atoms with Gasteiger partial charge in [0.25, 0.3) is 5.69 Å². The zero-order valence-electron chi connectivity index (χ0n) is 9.13. The number of nitrogens with zero attached hydrogens (tertiary/aromatic N) is 3. The molecule has 0 radical (unpaired) electrons. The SMILES string of the molecule is CCc1cc(Cl)n(-c2ccc([N+](=O)[O-])cc2)n1. The molecule has 0 aliphatic rings. The number of benzene rings is 1. The summed E-state index contributed by atoms with van der Waals surface area (Å²) in [5, 5.41) is 15.3. The van der Waals surface area contributed by atoms with Crippen LogP contribution in [0.4, 0.5) is 5.69 Å². The molecule has 0 amide bonds. The summed E-state index contributed by atoms with van der Waals surface area (Å²) in [6.45, 7) is 1.98. The maximum atomic E-state index is 10.5. The largest absolute Gasteiger partial charge is 0.269 e. The second kappa shape index (κ2) is 4.55. The summed E-state index contributed by atoms with van der Waals surface area (Å²) in [5.74, 6) is 0. The van der Waals surface area contributed by atoms with E-state index in [1.165, 1.54) is 12.1 Å². The zero-order chi connectivity index (χ0) is 12.4. The second-order valence-electron chi connectivity index (χ2n) is 3.50. The van der Waals surface area contributed by atoms with Crippen molar-refractivity contribution in [2.75, 3.05) is 0 Å². The number of nitro benzene ring substituents is 1. The van der Waals surface area contributed by atoms with E-state index in [1.54, 1.807) is 22.9 Å². The van der Waals surface area contributed by atoms with Gasteiger partial charge >= 0.3 is 0 Å². The van der Waals surface area contributed by atoms with Gasteiger partial charge in [-0.3, -0.25) is 10.1 Å². The number of rotatable bonds is 3. The van der Waals surface area contributed by atoms with Crippen molar-refractivity contribution in [3.05, 3.63) is 51.3 Å². The Balaban J connectivity index is 2.39. The molecule has 0 spiro atoms. The molecule has 6 heteroatoms. The van der Waals surface area contributed by atoms with Crippen molar-refractivity contribution in [1.82, 2.24) is 9.78 Å². The van der Waals surface area contributed by atoms with Crippen molar-refractivity contribution < 1.29 is 4.92 Å². The molecular weight excluding hydrogens is 242 g/mol. The number of hydrogen-bond donors (Lipinski definition) is 0. The summed E-state index contributed by atoms with van der Waals surface area (Å²) in [5.41, 5.74) is 1.64.